The van der Waals surface area contributed by atoms with Gasteiger partial charge < -0.3 is 14.8 Å². The maximum atomic E-state index is 12.6. The summed E-state index contributed by atoms with van der Waals surface area (Å²) in [4.78, 5) is 24.3. The molecule has 5 atom stereocenters. The quantitative estimate of drug-likeness (QED) is 0.480. The van der Waals surface area contributed by atoms with Crippen LogP contribution in [0.2, 0.25) is 0 Å². The van der Waals surface area contributed by atoms with Gasteiger partial charge in [0.1, 0.15) is 18.0 Å². The lowest BCUT2D eigenvalue weighted by Gasteiger charge is -2.27. The highest BCUT2D eigenvalue weighted by molar-refractivity contribution is 5.85. The van der Waals surface area contributed by atoms with Crippen molar-refractivity contribution in [1.82, 2.24) is 5.32 Å². The number of Topliss-reactive ketones (excluding diaryl/α,β-unsaturated/α-hetero) is 1. The monoisotopic (exact) mass is 349 g/mol. The summed E-state index contributed by atoms with van der Waals surface area (Å²) in [6.07, 6.45) is 6.04. The van der Waals surface area contributed by atoms with E-state index in [0.29, 0.717) is 6.54 Å². The summed E-state index contributed by atoms with van der Waals surface area (Å²) in [5.74, 6) is -0.167. The summed E-state index contributed by atoms with van der Waals surface area (Å²) in [6, 6.07) is 0. The smallest absolute Gasteiger partial charge is 0.311 e. The highest BCUT2D eigenvalue weighted by atomic mass is 16.6. The highest BCUT2D eigenvalue weighted by Gasteiger charge is 2.62. The number of fused-ring (bicyclic) bond motifs is 3. The first kappa shape index (κ1) is 18.6. The highest BCUT2D eigenvalue weighted by Crippen LogP contribution is 2.50. The van der Waals surface area contributed by atoms with Crippen LogP contribution in [0.4, 0.5) is 0 Å². The van der Waals surface area contributed by atoms with Gasteiger partial charge in [-0.15, -0.1) is 0 Å². The Morgan fingerprint density at radius 2 is 2.16 bits per heavy atom. The van der Waals surface area contributed by atoms with E-state index < -0.39 is 5.54 Å². The average Bonchev–Trinajstić information content (AvgIpc) is 3.08. The largest absolute Gasteiger partial charge is 0.459 e. The molecule has 0 saturated carbocycles. The molecule has 5 nitrogen and oxygen atoms in total. The van der Waals surface area contributed by atoms with E-state index in [0.717, 1.165) is 25.7 Å². The van der Waals surface area contributed by atoms with Crippen molar-refractivity contribution in [2.24, 2.45) is 11.8 Å². The van der Waals surface area contributed by atoms with Crippen LogP contribution in [-0.2, 0) is 19.1 Å². The van der Waals surface area contributed by atoms with Crippen molar-refractivity contribution >= 4 is 11.8 Å². The van der Waals surface area contributed by atoms with E-state index in [9.17, 15) is 9.59 Å². The van der Waals surface area contributed by atoms with Gasteiger partial charge in [0.15, 0.2) is 0 Å². The number of esters is 1. The van der Waals surface area contributed by atoms with Gasteiger partial charge in [-0.1, -0.05) is 11.6 Å². The minimum Gasteiger partial charge on any atom is -0.459 e. The Bertz CT molecular complexity index is 597. The van der Waals surface area contributed by atoms with Crippen LogP contribution in [0.15, 0.2) is 11.6 Å². The van der Waals surface area contributed by atoms with Crippen LogP contribution >= 0.6 is 0 Å². The molecule has 0 aromatic rings. The van der Waals surface area contributed by atoms with E-state index >= 15 is 0 Å². The first-order chi connectivity index (χ1) is 11.6. The van der Waals surface area contributed by atoms with Gasteiger partial charge in [0.2, 0.25) is 0 Å². The second-order valence-corrected chi connectivity index (χ2v) is 8.71. The Morgan fingerprint density at radius 3 is 2.84 bits per heavy atom. The summed E-state index contributed by atoms with van der Waals surface area (Å²) in [7, 11) is 0. The topological polar surface area (TPSA) is 67.9 Å². The molecule has 0 unspecified atom stereocenters. The Balaban J connectivity index is 1.76. The summed E-state index contributed by atoms with van der Waals surface area (Å²) >= 11 is 0. The first-order valence-electron chi connectivity index (χ1n) is 9.44. The van der Waals surface area contributed by atoms with Gasteiger partial charge in [0, 0.05) is 12.5 Å². The van der Waals surface area contributed by atoms with E-state index in [-0.39, 0.29) is 41.4 Å². The number of hydrogen-bond acceptors (Lipinski definition) is 5. The zero-order chi connectivity index (χ0) is 18.4. The molecule has 1 aliphatic carbocycles. The minimum absolute atomic E-state index is 0.0130. The lowest BCUT2D eigenvalue weighted by Crippen LogP contribution is -2.49. The molecule has 0 radical (unpaired) electrons. The molecule has 5 heteroatoms. The van der Waals surface area contributed by atoms with Crippen molar-refractivity contribution in [3.8, 4) is 0 Å². The molecule has 25 heavy (non-hydrogen) atoms. The molecule has 3 rings (SSSR count). The van der Waals surface area contributed by atoms with Crippen molar-refractivity contribution in [1.29, 1.82) is 0 Å². The predicted molar refractivity (Wildman–Crippen MR) is 95.1 cm³/mol. The van der Waals surface area contributed by atoms with Crippen molar-refractivity contribution < 1.29 is 19.1 Å². The molecule has 140 valence electrons. The van der Waals surface area contributed by atoms with E-state index in [4.69, 9.17) is 9.47 Å². The van der Waals surface area contributed by atoms with E-state index in [1.165, 1.54) is 5.57 Å². The summed E-state index contributed by atoms with van der Waals surface area (Å²) in [5, 5.41) is 3.27. The SMILES string of the molecule is CC(=O)C(C)(C)NC[C@@H]1C(=O)O[C@H]2[C@H]1CC/C(C)=C/CC[C@@]1(C)O[C@@H]21. The molecule has 2 fully saturated rings. The van der Waals surface area contributed by atoms with Crippen LogP contribution < -0.4 is 5.32 Å². The third kappa shape index (κ3) is 3.68. The summed E-state index contributed by atoms with van der Waals surface area (Å²) < 4.78 is 11.8. The lowest BCUT2D eigenvalue weighted by molar-refractivity contribution is -0.145. The Kier molecular flexibility index (Phi) is 4.84. The van der Waals surface area contributed by atoms with Gasteiger partial charge in [0.05, 0.1) is 17.1 Å². The second kappa shape index (κ2) is 6.51. The predicted octanol–water partition coefficient (Wildman–Crippen LogP) is 2.78. The molecule has 0 aromatic heterocycles. The number of nitrogens with one attached hydrogen (secondary N) is 1. The van der Waals surface area contributed by atoms with E-state index in [2.05, 4.69) is 25.2 Å². The van der Waals surface area contributed by atoms with Crippen molar-refractivity contribution in [3.05, 3.63) is 11.6 Å². The molecular formula is C20H31NO4. The molecule has 2 heterocycles. The van der Waals surface area contributed by atoms with Crippen molar-refractivity contribution in [2.45, 2.75) is 83.6 Å². The van der Waals surface area contributed by atoms with Gasteiger partial charge in [-0.2, -0.15) is 0 Å². The minimum atomic E-state index is -0.630. The Morgan fingerprint density at radius 1 is 1.44 bits per heavy atom. The second-order valence-electron chi connectivity index (χ2n) is 8.71. The fraction of sp³-hybridized carbons (Fsp3) is 0.800. The van der Waals surface area contributed by atoms with Gasteiger partial charge in [-0.3, -0.25) is 9.59 Å². The van der Waals surface area contributed by atoms with Crippen LogP contribution in [0.3, 0.4) is 0 Å². The molecule has 2 saturated heterocycles. The third-order valence-electron chi connectivity index (χ3n) is 6.38. The van der Waals surface area contributed by atoms with Crippen LogP contribution in [0.5, 0.6) is 0 Å². The zero-order valence-corrected chi connectivity index (χ0v) is 16.1. The summed E-state index contributed by atoms with van der Waals surface area (Å²) in [5.41, 5.74) is 0.573. The molecule has 3 aliphatic rings. The maximum absolute atomic E-state index is 12.6. The van der Waals surface area contributed by atoms with Crippen LogP contribution in [0.1, 0.15) is 60.3 Å². The summed E-state index contributed by atoms with van der Waals surface area (Å²) in [6.45, 7) is 10.0. The molecular weight excluding hydrogens is 318 g/mol. The number of rotatable bonds is 4. The van der Waals surface area contributed by atoms with Crippen LogP contribution in [0, 0.1) is 11.8 Å². The van der Waals surface area contributed by atoms with Gasteiger partial charge in [-0.25, -0.2) is 0 Å². The standard InChI is InChI=1S/C20H31NO4/c1-12-7-6-10-20(5)17(25-20)16-14(9-8-12)15(18(23)24-16)11-21-19(3,4)13(2)22/h7,14-17,21H,6,8-11H2,1-5H3/b12-7+/t14-,15-,16-,17-,20+/m0/s1. The number of carbonyl (C=O) groups excluding carboxylic acids is 2. The zero-order valence-electron chi connectivity index (χ0n) is 16.1. The van der Waals surface area contributed by atoms with Crippen molar-refractivity contribution in [2.75, 3.05) is 6.54 Å². The average molecular weight is 349 g/mol. The number of allylic oxidation sites excluding steroid dienone is 2. The number of ether oxygens (including phenoxy) is 2. The molecule has 0 bridgehead atoms. The normalized spacial score (nSPS) is 40.4. The molecule has 0 spiro atoms. The first-order valence-corrected chi connectivity index (χ1v) is 9.44. The van der Waals surface area contributed by atoms with Gasteiger partial charge in [0.25, 0.3) is 0 Å². The number of ketones is 1. The molecule has 0 aromatic carbocycles. The van der Waals surface area contributed by atoms with Gasteiger partial charge >= 0.3 is 5.97 Å². The van der Waals surface area contributed by atoms with Gasteiger partial charge in [-0.05, 0) is 60.3 Å². The van der Waals surface area contributed by atoms with E-state index in [1.807, 2.05) is 13.8 Å². The third-order valence-corrected chi connectivity index (χ3v) is 6.38. The molecule has 1 N–H and O–H groups in total. The number of carbonyl (C=O) groups is 2. The number of hydrogen-bond donors (Lipinski definition) is 1. The van der Waals surface area contributed by atoms with Crippen LogP contribution in [0.25, 0.3) is 0 Å². The Labute approximate surface area is 150 Å². The maximum Gasteiger partial charge on any atom is 0.311 e. The Hall–Kier alpha value is -1.20. The fourth-order valence-corrected chi connectivity index (χ4v) is 4.06. The lowest BCUT2D eigenvalue weighted by atomic mass is 9.80. The fourth-order valence-electron chi connectivity index (χ4n) is 4.06. The molecule has 0 amide bonds. The van der Waals surface area contributed by atoms with Crippen molar-refractivity contribution in [3.63, 3.8) is 0 Å². The molecule has 2 aliphatic heterocycles. The van der Waals surface area contributed by atoms with Crippen LogP contribution in [-0.4, -0.2) is 41.6 Å². The number of epoxide rings is 1. The van der Waals surface area contributed by atoms with E-state index in [1.54, 1.807) is 6.92 Å².